The second-order valence-corrected chi connectivity index (χ2v) is 8.41. The number of hydrogen-bond acceptors (Lipinski definition) is 6. The van der Waals surface area contributed by atoms with Gasteiger partial charge in [0.1, 0.15) is 4.64 Å². The molecule has 2 N–H and O–H groups in total. The predicted molar refractivity (Wildman–Crippen MR) is 115 cm³/mol. The van der Waals surface area contributed by atoms with Crippen LogP contribution in [0.2, 0.25) is 0 Å². The van der Waals surface area contributed by atoms with Crippen molar-refractivity contribution in [2.24, 2.45) is 20.0 Å². The summed E-state index contributed by atoms with van der Waals surface area (Å²) in [7, 11) is 3.37. The van der Waals surface area contributed by atoms with E-state index in [-0.39, 0.29) is 11.7 Å². The first-order valence-electron chi connectivity index (χ1n) is 9.18. The first-order valence-corrected chi connectivity index (χ1v) is 10.6. The molecule has 0 amide bonds. The molecule has 0 bridgehead atoms. The van der Waals surface area contributed by atoms with Crippen molar-refractivity contribution in [1.82, 2.24) is 9.13 Å². The summed E-state index contributed by atoms with van der Waals surface area (Å²) in [5, 5.41) is 0. The zero-order valence-electron chi connectivity index (χ0n) is 16.9. The minimum atomic E-state index is -0.153. The monoisotopic (exact) mass is 413 g/mol. The maximum atomic E-state index is 12.2. The van der Waals surface area contributed by atoms with E-state index in [1.807, 2.05) is 6.92 Å². The van der Waals surface area contributed by atoms with Crippen molar-refractivity contribution in [3.05, 3.63) is 31.8 Å². The van der Waals surface area contributed by atoms with E-state index in [0.717, 1.165) is 24.3 Å². The number of anilines is 1. The van der Waals surface area contributed by atoms with E-state index in [2.05, 4.69) is 19.9 Å². The highest BCUT2D eigenvalue weighted by molar-refractivity contribution is 8.03. The van der Waals surface area contributed by atoms with E-state index in [0.29, 0.717) is 35.7 Å². The molecule has 0 aliphatic heterocycles. The summed E-state index contributed by atoms with van der Waals surface area (Å²) in [6.45, 7) is 6.47. The van der Waals surface area contributed by atoms with Crippen molar-refractivity contribution in [3.63, 3.8) is 0 Å². The van der Waals surface area contributed by atoms with E-state index in [1.165, 1.54) is 9.47 Å². The van der Waals surface area contributed by atoms with Crippen molar-refractivity contribution in [3.8, 4) is 0 Å². The summed E-state index contributed by atoms with van der Waals surface area (Å²) >= 11 is 7.01. The van der Waals surface area contributed by atoms with Crippen LogP contribution in [0.1, 0.15) is 45.7 Å². The summed E-state index contributed by atoms with van der Waals surface area (Å²) in [6.07, 6.45) is 5.06. The number of nitrogen functional groups attached to an aromatic ring is 1. The third-order valence-electron chi connectivity index (χ3n) is 4.33. The second kappa shape index (κ2) is 11.3. The fraction of sp³-hybridized carbons (Fsp3) is 0.632. The van der Waals surface area contributed by atoms with Gasteiger partial charge in [-0.2, -0.15) is 0 Å². The van der Waals surface area contributed by atoms with Gasteiger partial charge in [0, 0.05) is 26.2 Å². The van der Waals surface area contributed by atoms with Gasteiger partial charge >= 0.3 is 11.7 Å². The van der Waals surface area contributed by atoms with E-state index >= 15 is 0 Å². The van der Waals surface area contributed by atoms with Gasteiger partial charge in [-0.15, -0.1) is 11.8 Å². The Morgan fingerprint density at radius 3 is 2.67 bits per heavy atom. The molecule has 1 rings (SSSR count). The van der Waals surface area contributed by atoms with Crippen LogP contribution in [0.5, 0.6) is 0 Å². The normalized spacial score (nSPS) is 12.9. The third kappa shape index (κ3) is 7.18. The highest BCUT2D eigenvalue weighted by Gasteiger charge is 2.13. The van der Waals surface area contributed by atoms with Crippen LogP contribution in [0.4, 0.5) is 5.69 Å². The van der Waals surface area contributed by atoms with Crippen LogP contribution in [-0.2, 0) is 30.0 Å². The smallest absolute Gasteiger partial charge is 0.328 e. The molecule has 1 aromatic rings. The summed E-state index contributed by atoms with van der Waals surface area (Å²) in [6, 6.07) is 0. The molecule has 0 aliphatic carbocycles. The van der Waals surface area contributed by atoms with Gasteiger partial charge in [-0.25, -0.2) is 4.79 Å². The number of rotatable bonds is 10. The fourth-order valence-corrected chi connectivity index (χ4v) is 3.70. The molecule has 0 aromatic carbocycles. The zero-order valence-corrected chi connectivity index (χ0v) is 18.5. The molecule has 0 fully saturated rings. The number of nitrogens with zero attached hydrogens (tertiary/aromatic N) is 2. The lowest BCUT2D eigenvalue weighted by atomic mass is 10.0. The highest BCUT2D eigenvalue weighted by atomic mass is 32.2. The first kappa shape index (κ1) is 23.5. The minimum absolute atomic E-state index is 0.131. The number of esters is 1. The Labute approximate surface area is 170 Å². The lowest BCUT2D eigenvalue weighted by Crippen LogP contribution is -2.31. The van der Waals surface area contributed by atoms with Crippen molar-refractivity contribution >= 4 is 35.6 Å². The van der Waals surface area contributed by atoms with Gasteiger partial charge < -0.3 is 10.5 Å². The van der Waals surface area contributed by atoms with Gasteiger partial charge in [0.15, 0.2) is 0 Å². The number of ether oxygens (including phenoxy) is 1. The van der Waals surface area contributed by atoms with E-state index in [9.17, 15) is 9.59 Å². The molecular weight excluding hydrogens is 382 g/mol. The van der Waals surface area contributed by atoms with E-state index in [1.54, 1.807) is 30.4 Å². The number of aromatic nitrogens is 2. The number of hydrogen-bond donors (Lipinski definition) is 1. The lowest BCUT2D eigenvalue weighted by Gasteiger charge is -2.17. The average molecular weight is 414 g/mol. The molecule has 1 unspecified atom stereocenters. The molecule has 27 heavy (non-hydrogen) atoms. The van der Waals surface area contributed by atoms with Gasteiger partial charge in [0.2, 0.25) is 0 Å². The highest BCUT2D eigenvalue weighted by Crippen LogP contribution is 2.22. The molecular formula is C19H31N3O3S2. The van der Waals surface area contributed by atoms with E-state index in [4.69, 9.17) is 22.7 Å². The number of carbonyl (C=O) groups is 1. The Hall–Kier alpha value is -1.54. The molecule has 0 aliphatic rings. The van der Waals surface area contributed by atoms with Crippen LogP contribution in [0, 0.1) is 10.6 Å². The standard InChI is InChI=1S/C19H31N3O3S2/c1-6-25-16(23)8-7-11-27-14(3)10-9-13(2)12-15-17(20)18(26)22(5)19(24)21(15)4/h10,13H,6-9,11-12,20H2,1-5H3/b14-10-. The van der Waals surface area contributed by atoms with Crippen LogP contribution in [0.3, 0.4) is 0 Å². The molecule has 0 saturated carbocycles. The van der Waals surface area contributed by atoms with Crippen LogP contribution < -0.4 is 11.4 Å². The summed E-state index contributed by atoms with van der Waals surface area (Å²) in [5.41, 5.74) is 7.29. The number of nitrogens with two attached hydrogens (primary N) is 1. The number of thioether (sulfide) groups is 1. The zero-order chi connectivity index (χ0) is 20.6. The van der Waals surface area contributed by atoms with Crippen LogP contribution in [0.25, 0.3) is 0 Å². The fourth-order valence-electron chi connectivity index (χ4n) is 2.68. The summed E-state index contributed by atoms with van der Waals surface area (Å²) < 4.78 is 8.30. The Morgan fingerprint density at radius 2 is 2.04 bits per heavy atom. The molecule has 0 saturated heterocycles. The van der Waals surface area contributed by atoms with Gasteiger partial charge in [-0.3, -0.25) is 13.9 Å². The van der Waals surface area contributed by atoms with Crippen LogP contribution in [-0.4, -0.2) is 27.5 Å². The van der Waals surface area contributed by atoms with E-state index < -0.39 is 0 Å². The second-order valence-electron chi connectivity index (χ2n) is 6.68. The van der Waals surface area contributed by atoms with Gasteiger partial charge in [0.05, 0.1) is 12.3 Å². The molecule has 152 valence electrons. The Bertz CT molecular complexity index is 759. The lowest BCUT2D eigenvalue weighted by molar-refractivity contribution is -0.143. The first-order chi connectivity index (χ1) is 12.7. The number of carbonyl (C=O) groups excluding carboxylic acids is 1. The molecule has 6 nitrogen and oxygen atoms in total. The van der Waals surface area contributed by atoms with Crippen molar-refractivity contribution in [2.75, 3.05) is 18.1 Å². The molecule has 8 heteroatoms. The average Bonchev–Trinajstić information content (AvgIpc) is 2.64. The Morgan fingerprint density at radius 1 is 1.37 bits per heavy atom. The van der Waals surface area contributed by atoms with Crippen LogP contribution >= 0.6 is 24.0 Å². The SMILES string of the molecule is CCOC(=O)CCCS/C(C)=C\CC(C)Cc1c(N)c(=S)n(C)c(=O)n1C. The quantitative estimate of drug-likeness (QED) is 0.359. The molecule has 1 heterocycles. The maximum Gasteiger partial charge on any atom is 0.328 e. The van der Waals surface area contributed by atoms with Crippen molar-refractivity contribution in [1.29, 1.82) is 0 Å². The summed E-state index contributed by atoms with van der Waals surface area (Å²) in [5.74, 6) is 1.09. The van der Waals surface area contributed by atoms with Crippen LogP contribution in [0.15, 0.2) is 15.8 Å². The topological polar surface area (TPSA) is 79.2 Å². The van der Waals surface area contributed by atoms with Gasteiger partial charge in [-0.05, 0) is 49.7 Å². The van der Waals surface area contributed by atoms with Crippen molar-refractivity contribution in [2.45, 2.75) is 46.5 Å². The third-order valence-corrected chi connectivity index (χ3v) is 5.94. The number of allylic oxidation sites excluding steroid dienone is 2. The maximum absolute atomic E-state index is 12.2. The molecule has 0 radical (unpaired) electrons. The largest absolute Gasteiger partial charge is 0.466 e. The summed E-state index contributed by atoms with van der Waals surface area (Å²) in [4.78, 5) is 24.7. The molecule has 1 aromatic heterocycles. The molecule has 0 spiro atoms. The minimum Gasteiger partial charge on any atom is -0.466 e. The van der Waals surface area contributed by atoms with Gasteiger partial charge in [-0.1, -0.05) is 25.2 Å². The van der Waals surface area contributed by atoms with Crippen molar-refractivity contribution < 1.29 is 9.53 Å². The Balaban J connectivity index is 2.57. The molecule has 1 atom stereocenters. The Kier molecular flexibility index (Phi) is 9.87. The van der Waals surface area contributed by atoms with Gasteiger partial charge in [0.25, 0.3) is 0 Å². The predicted octanol–water partition coefficient (Wildman–Crippen LogP) is 3.58.